The third kappa shape index (κ3) is 4.88. The number of amides is 1. The zero-order valence-electron chi connectivity index (χ0n) is 12.5. The topological polar surface area (TPSA) is 41.1 Å². The van der Waals surface area contributed by atoms with Gasteiger partial charge in [0.15, 0.2) is 0 Å². The molecule has 0 aliphatic heterocycles. The fraction of sp³-hybridized carbons (Fsp3) is 0.188. The summed E-state index contributed by atoms with van der Waals surface area (Å²) in [6.07, 6.45) is -4.61. The van der Waals surface area contributed by atoms with Crippen LogP contribution in [0.15, 0.2) is 40.9 Å². The molecule has 2 aromatic rings. The minimum Gasteiger partial charge on any atom is -0.376 e. The molecule has 2 N–H and O–H groups in total. The second kappa shape index (κ2) is 7.44. The second-order valence-corrected chi connectivity index (χ2v) is 6.40. The molecule has 2 aromatic carbocycles. The standard InChI is InChI=1S/C16H13BrClF3N2O/c1-9-6-10(17)2-4-13(9)22-8-15(24)23-14-5-3-11(18)7-12(14)16(19,20)21/h2-7,22H,8H2,1H3,(H,23,24). The van der Waals surface area contributed by atoms with Gasteiger partial charge in [-0.15, -0.1) is 0 Å². The third-order valence-electron chi connectivity index (χ3n) is 3.19. The maximum absolute atomic E-state index is 13.0. The number of benzene rings is 2. The van der Waals surface area contributed by atoms with Crippen molar-refractivity contribution in [3.63, 3.8) is 0 Å². The third-order valence-corrected chi connectivity index (χ3v) is 3.92. The summed E-state index contributed by atoms with van der Waals surface area (Å²) in [5, 5.41) is 5.09. The smallest absolute Gasteiger partial charge is 0.376 e. The van der Waals surface area contributed by atoms with Gasteiger partial charge < -0.3 is 10.6 Å². The maximum atomic E-state index is 13.0. The molecule has 0 aliphatic rings. The first-order valence-corrected chi connectivity index (χ1v) is 8.00. The predicted octanol–water partition coefficient (Wildman–Crippen LogP) is 5.48. The van der Waals surface area contributed by atoms with Crippen molar-refractivity contribution >= 4 is 44.8 Å². The molecule has 0 unspecified atom stereocenters. The van der Waals surface area contributed by atoms with E-state index in [-0.39, 0.29) is 17.3 Å². The summed E-state index contributed by atoms with van der Waals surface area (Å²) in [7, 11) is 0. The second-order valence-electron chi connectivity index (χ2n) is 5.05. The molecule has 0 atom stereocenters. The van der Waals surface area contributed by atoms with Crippen LogP contribution in [0.4, 0.5) is 24.5 Å². The molecule has 0 aliphatic carbocycles. The van der Waals surface area contributed by atoms with Crippen LogP contribution in [0.25, 0.3) is 0 Å². The summed E-state index contributed by atoms with van der Waals surface area (Å²) in [5.41, 5.74) is 0.314. The summed E-state index contributed by atoms with van der Waals surface area (Å²) >= 11 is 8.93. The number of anilines is 2. The Morgan fingerprint density at radius 3 is 2.46 bits per heavy atom. The Hall–Kier alpha value is -1.73. The van der Waals surface area contributed by atoms with E-state index in [9.17, 15) is 18.0 Å². The summed E-state index contributed by atoms with van der Waals surface area (Å²) in [6.45, 7) is 1.69. The molecule has 2 rings (SSSR count). The number of hydrogen-bond acceptors (Lipinski definition) is 2. The van der Waals surface area contributed by atoms with E-state index in [0.29, 0.717) is 0 Å². The lowest BCUT2D eigenvalue weighted by atomic mass is 10.1. The molecular weight excluding hydrogens is 409 g/mol. The summed E-state index contributed by atoms with van der Waals surface area (Å²) < 4.78 is 39.9. The molecule has 0 heterocycles. The molecule has 0 fully saturated rings. The highest BCUT2D eigenvalue weighted by Crippen LogP contribution is 2.36. The van der Waals surface area contributed by atoms with Crippen molar-refractivity contribution in [1.29, 1.82) is 0 Å². The summed E-state index contributed by atoms with van der Waals surface area (Å²) in [6, 6.07) is 8.64. The SMILES string of the molecule is Cc1cc(Br)ccc1NCC(=O)Nc1ccc(Cl)cc1C(F)(F)F. The van der Waals surface area contributed by atoms with Crippen molar-refractivity contribution in [3.05, 3.63) is 57.0 Å². The van der Waals surface area contributed by atoms with Gasteiger partial charge >= 0.3 is 6.18 Å². The number of carbonyl (C=O) groups excluding carboxylic acids is 1. The average molecular weight is 422 g/mol. The number of rotatable bonds is 4. The number of hydrogen-bond donors (Lipinski definition) is 2. The Kier molecular flexibility index (Phi) is 5.77. The minimum absolute atomic E-state index is 0.0519. The van der Waals surface area contributed by atoms with Gasteiger partial charge in [0, 0.05) is 15.2 Å². The highest BCUT2D eigenvalue weighted by molar-refractivity contribution is 9.10. The van der Waals surface area contributed by atoms with Gasteiger partial charge in [-0.2, -0.15) is 13.2 Å². The summed E-state index contributed by atoms with van der Waals surface area (Å²) in [5.74, 6) is -0.592. The Bertz CT molecular complexity index is 765. The van der Waals surface area contributed by atoms with E-state index in [4.69, 9.17) is 11.6 Å². The van der Waals surface area contributed by atoms with Crippen LogP contribution in [0.1, 0.15) is 11.1 Å². The molecule has 0 saturated heterocycles. The largest absolute Gasteiger partial charge is 0.418 e. The van der Waals surface area contributed by atoms with E-state index in [0.717, 1.165) is 27.9 Å². The first-order chi connectivity index (χ1) is 11.2. The average Bonchev–Trinajstić information content (AvgIpc) is 2.47. The van der Waals surface area contributed by atoms with Gasteiger partial charge in [0.1, 0.15) is 0 Å². The van der Waals surface area contributed by atoms with E-state index in [1.807, 2.05) is 13.0 Å². The minimum atomic E-state index is -4.61. The van der Waals surface area contributed by atoms with Crippen LogP contribution in [0.3, 0.4) is 0 Å². The molecule has 3 nitrogen and oxygen atoms in total. The van der Waals surface area contributed by atoms with Crippen LogP contribution in [0.5, 0.6) is 0 Å². The molecule has 0 bridgehead atoms. The molecule has 128 valence electrons. The van der Waals surface area contributed by atoms with Gasteiger partial charge in [0.2, 0.25) is 5.91 Å². The molecule has 0 spiro atoms. The van der Waals surface area contributed by atoms with Crippen molar-refractivity contribution < 1.29 is 18.0 Å². The van der Waals surface area contributed by atoms with E-state index < -0.39 is 17.6 Å². The number of aryl methyl sites for hydroxylation is 1. The normalized spacial score (nSPS) is 11.2. The van der Waals surface area contributed by atoms with E-state index in [1.54, 1.807) is 12.1 Å². The van der Waals surface area contributed by atoms with Crippen molar-refractivity contribution in [3.8, 4) is 0 Å². The highest BCUT2D eigenvalue weighted by Gasteiger charge is 2.34. The van der Waals surface area contributed by atoms with Gasteiger partial charge in [-0.1, -0.05) is 27.5 Å². The number of nitrogens with one attached hydrogen (secondary N) is 2. The molecule has 8 heteroatoms. The maximum Gasteiger partial charge on any atom is 0.418 e. The lowest BCUT2D eigenvalue weighted by Crippen LogP contribution is -2.23. The summed E-state index contributed by atoms with van der Waals surface area (Å²) in [4.78, 5) is 11.9. The number of halogens is 5. The Morgan fingerprint density at radius 1 is 1.17 bits per heavy atom. The first kappa shape index (κ1) is 18.6. The van der Waals surface area contributed by atoms with Crippen molar-refractivity contribution in [2.75, 3.05) is 17.2 Å². The van der Waals surface area contributed by atoms with Gasteiger partial charge in [0.05, 0.1) is 17.8 Å². The fourth-order valence-corrected chi connectivity index (χ4v) is 2.70. The molecule has 24 heavy (non-hydrogen) atoms. The van der Waals surface area contributed by atoms with Gasteiger partial charge in [-0.25, -0.2) is 0 Å². The van der Waals surface area contributed by atoms with Crippen molar-refractivity contribution in [2.24, 2.45) is 0 Å². The van der Waals surface area contributed by atoms with Gasteiger partial charge in [-0.05, 0) is 48.9 Å². The highest BCUT2D eigenvalue weighted by atomic mass is 79.9. The number of alkyl halides is 3. The zero-order chi connectivity index (χ0) is 17.9. The Labute approximate surface area is 150 Å². The monoisotopic (exact) mass is 420 g/mol. The quantitative estimate of drug-likeness (QED) is 0.686. The predicted molar refractivity (Wildman–Crippen MR) is 92.5 cm³/mol. The van der Waals surface area contributed by atoms with Crippen LogP contribution in [-0.4, -0.2) is 12.5 Å². The van der Waals surface area contributed by atoms with E-state index in [1.165, 1.54) is 6.07 Å². The Morgan fingerprint density at radius 2 is 1.83 bits per heavy atom. The van der Waals surface area contributed by atoms with Crippen LogP contribution in [-0.2, 0) is 11.0 Å². The van der Waals surface area contributed by atoms with E-state index >= 15 is 0 Å². The van der Waals surface area contributed by atoms with Crippen LogP contribution >= 0.6 is 27.5 Å². The molecule has 0 saturated carbocycles. The fourth-order valence-electron chi connectivity index (χ4n) is 2.06. The Balaban J connectivity index is 2.08. The number of carbonyl (C=O) groups is 1. The van der Waals surface area contributed by atoms with E-state index in [2.05, 4.69) is 26.6 Å². The molecule has 0 aromatic heterocycles. The molecular formula is C16H13BrClF3N2O. The lowest BCUT2D eigenvalue weighted by Gasteiger charge is -2.15. The van der Waals surface area contributed by atoms with Crippen LogP contribution in [0, 0.1) is 6.92 Å². The van der Waals surface area contributed by atoms with Crippen molar-refractivity contribution in [1.82, 2.24) is 0 Å². The molecule has 0 radical (unpaired) electrons. The van der Waals surface area contributed by atoms with Crippen LogP contribution in [0.2, 0.25) is 5.02 Å². The lowest BCUT2D eigenvalue weighted by molar-refractivity contribution is -0.137. The van der Waals surface area contributed by atoms with Crippen LogP contribution < -0.4 is 10.6 Å². The molecule has 1 amide bonds. The first-order valence-electron chi connectivity index (χ1n) is 6.83. The van der Waals surface area contributed by atoms with Gasteiger partial charge in [-0.3, -0.25) is 4.79 Å². The van der Waals surface area contributed by atoms with Gasteiger partial charge in [0.25, 0.3) is 0 Å². The van der Waals surface area contributed by atoms with Crippen molar-refractivity contribution in [2.45, 2.75) is 13.1 Å². The zero-order valence-corrected chi connectivity index (χ0v) is 14.8.